The lowest BCUT2D eigenvalue weighted by atomic mass is 9.77. The van der Waals surface area contributed by atoms with Gasteiger partial charge in [0.25, 0.3) is 11.6 Å². The summed E-state index contributed by atoms with van der Waals surface area (Å²) in [6, 6.07) is 1.72. The van der Waals surface area contributed by atoms with Crippen LogP contribution in [0.25, 0.3) is 10.8 Å². The van der Waals surface area contributed by atoms with Gasteiger partial charge in [0, 0.05) is 56.9 Å². The minimum Gasteiger partial charge on any atom is -0.506 e. The minimum atomic E-state index is -2.04. The summed E-state index contributed by atoms with van der Waals surface area (Å²) >= 11 is 0. The van der Waals surface area contributed by atoms with Gasteiger partial charge in [-0.1, -0.05) is 0 Å². The minimum absolute atomic E-state index is 0.00701. The number of esters is 1. The van der Waals surface area contributed by atoms with Gasteiger partial charge in [0.1, 0.15) is 40.7 Å². The van der Waals surface area contributed by atoms with Crippen molar-refractivity contribution in [2.24, 2.45) is 0 Å². The Morgan fingerprint density at radius 1 is 1.02 bits per heavy atom. The number of fused-ring (bicyclic) bond motifs is 8. The van der Waals surface area contributed by atoms with Crippen molar-refractivity contribution in [3.8, 4) is 17.2 Å². The van der Waals surface area contributed by atoms with Gasteiger partial charge < -0.3 is 87.5 Å². The number of phenolic OH excluding ortho intramolecular Hbond substituents is 1. The highest BCUT2D eigenvalue weighted by atomic mass is 16.9. The maximum atomic E-state index is 14.1. The highest BCUT2D eigenvalue weighted by Crippen LogP contribution is 2.72. The van der Waals surface area contributed by atoms with Gasteiger partial charge in [0.05, 0.1) is 55.2 Å². The van der Waals surface area contributed by atoms with Crippen molar-refractivity contribution >= 4 is 22.5 Å². The first kappa shape index (κ1) is 43.9. The third-order valence-electron chi connectivity index (χ3n) is 13.9. The normalized spacial score (nSPS) is 43.4. The van der Waals surface area contributed by atoms with E-state index >= 15 is 0 Å². The Bertz CT molecular complexity index is 2150. The molecule has 0 radical (unpaired) electrons. The molecule has 0 saturated carbocycles. The van der Waals surface area contributed by atoms with E-state index in [1.54, 1.807) is 19.9 Å². The molecule has 1 aliphatic carbocycles. The van der Waals surface area contributed by atoms with Crippen LogP contribution in [0, 0.1) is 6.92 Å². The number of aryl methyl sites for hydroxylation is 1. The lowest BCUT2D eigenvalue weighted by Crippen LogP contribution is -2.72. The van der Waals surface area contributed by atoms with E-state index in [0.29, 0.717) is 11.1 Å². The fraction of sp³-hybridized carbons (Fsp3) is 0.714. The van der Waals surface area contributed by atoms with Crippen LogP contribution < -0.4 is 9.47 Å². The highest BCUT2D eigenvalue weighted by molar-refractivity contribution is 6.13. The number of aromatic hydroxyl groups is 1. The van der Waals surface area contributed by atoms with Crippen LogP contribution in [0.5, 0.6) is 17.2 Å². The Labute approximate surface area is 355 Å². The first-order valence-corrected chi connectivity index (χ1v) is 20.7. The summed E-state index contributed by atoms with van der Waals surface area (Å²) in [6.45, 7) is 8.85. The van der Waals surface area contributed by atoms with Crippen LogP contribution in [0.3, 0.4) is 0 Å². The number of epoxide rings is 1. The number of hydrogen-bond acceptors (Lipinski definition) is 20. The maximum absolute atomic E-state index is 14.1. The van der Waals surface area contributed by atoms with Crippen molar-refractivity contribution in [2.75, 3.05) is 27.9 Å². The van der Waals surface area contributed by atoms with E-state index in [0.717, 1.165) is 0 Å². The molecule has 6 heterocycles. The van der Waals surface area contributed by atoms with Gasteiger partial charge in [-0.05, 0) is 46.2 Å². The molecular formula is C42H54O20. The number of ether oxygens (including phenoxy) is 12. The number of rotatable bonds is 10. The summed E-state index contributed by atoms with van der Waals surface area (Å²) in [5.41, 5.74) is -4.49. The number of hydrogen-bond donors (Lipinski definition) is 6. The second kappa shape index (κ2) is 14.6. The van der Waals surface area contributed by atoms with Crippen LogP contribution in [0.15, 0.2) is 6.07 Å². The zero-order valence-corrected chi connectivity index (χ0v) is 35.7. The molecule has 0 aromatic heterocycles. The molecule has 16 atom stereocenters. The molecule has 2 bridgehead atoms. The van der Waals surface area contributed by atoms with Gasteiger partial charge in [-0.2, -0.15) is 0 Å². The molecular weight excluding hydrogens is 824 g/mol. The number of ketones is 1. The molecule has 6 N–H and O–H groups in total. The third kappa shape index (κ3) is 5.76. The lowest BCUT2D eigenvalue weighted by Gasteiger charge is -2.52. The van der Waals surface area contributed by atoms with E-state index in [1.807, 2.05) is 0 Å². The van der Waals surface area contributed by atoms with Crippen LogP contribution in [0.1, 0.15) is 93.1 Å². The maximum Gasteiger partial charge on any atom is 0.303 e. The lowest BCUT2D eigenvalue weighted by molar-refractivity contribution is -0.390. The summed E-state index contributed by atoms with van der Waals surface area (Å²) in [5.74, 6) is -5.73. The van der Waals surface area contributed by atoms with E-state index in [9.17, 15) is 40.2 Å². The second-order valence-electron chi connectivity index (χ2n) is 17.7. The van der Waals surface area contributed by atoms with Crippen molar-refractivity contribution in [3.05, 3.63) is 28.3 Å². The molecule has 7 aliphatic rings. The molecule has 5 saturated heterocycles. The largest absolute Gasteiger partial charge is 0.506 e. The average molecular weight is 879 g/mol. The van der Waals surface area contributed by atoms with E-state index in [-0.39, 0.29) is 59.3 Å². The first-order valence-electron chi connectivity index (χ1n) is 20.7. The molecule has 20 heteroatoms. The second-order valence-corrected chi connectivity index (χ2v) is 17.7. The Kier molecular flexibility index (Phi) is 10.3. The van der Waals surface area contributed by atoms with Crippen molar-refractivity contribution in [1.82, 2.24) is 0 Å². The topological polar surface area (TPSA) is 270 Å². The van der Waals surface area contributed by atoms with E-state index < -0.39 is 120 Å². The summed E-state index contributed by atoms with van der Waals surface area (Å²) in [5, 5.41) is 68.3. The predicted molar refractivity (Wildman–Crippen MR) is 205 cm³/mol. The molecule has 2 aromatic rings. The van der Waals surface area contributed by atoms with Gasteiger partial charge >= 0.3 is 5.97 Å². The number of methoxy groups -OCH3 is 3. The smallest absolute Gasteiger partial charge is 0.303 e. The van der Waals surface area contributed by atoms with Gasteiger partial charge in [0.2, 0.25) is 11.9 Å². The number of Topliss-reactive ketones (excluding diaryl/α,β-unsaturated/α-hetero) is 1. The van der Waals surface area contributed by atoms with E-state index in [2.05, 4.69) is 0 Å². The molecule has 1 unspecified atom stereocenters. The Hall–Kier alpha value is -3.32. The van der Waals surface area contributed by atoms with Crippen LogP contribution in [-0.2, 0) is 52.2 Å². The van der Waals surface area contributed by atoms with Crippen molar-refractivity contribution in [1.29, 1.82) is 0 Å². The van der Waals surface area contributed by atoms with Crippen LogP contribution in [0.4, 0.5) is 0 Å². The Balaban J connectivity index is 1.18. The number of benzene rings is 2. The highest BCUT2D eigenvalue weighted by Gasteiger charge is 2.94. The van der Waals surface area contributed by atoms with Gasteiger partial charge in [-0.25, -0.2) is 0 Å². The first-order chi connectivity index (χ1) is 29.2. The Morgan fingerprint density at radius 2 is 1.71 bits per heavy atom. The average Bonchev–Trinajstić information content (AvgIpc) is 3.86. The molecule has 62 heavy (non-hydrogen) atoms. The number of carbonyl (C=O) groups is 2. The zero-order valence-electron chi connectivity index (χ0n) is 35.7. The number of aliphatic hydroxyl groups excluding tert-OH is 3. The standard InChI is InChI=1S/C42H54O20/c1-15-10-20-27(31(48)29-28(32(20)51-7)22(11-21(45)30(29)47)58-25-13-38(6,49)35(16(2)55-25)57-19(5)44)33-26(15)34-36-41(60-33,39(14-54-39)42(61-34,62-36)37(52-8)53-9)59-24-12-23(46)40(50,17(3)43)18(4)56-24/h10,16-18,21-25,34-37,43,45-46,48-50H,11-14H2,1-9H3/t16-,17?,18-,21-,22-,23+,24-,25-,34-,35+,36-,38+,39-,40+,41+,42-/m0/s1. The monoisotopic (exact) mass is 878 g/mol. The molecule has 9 rings (SSSR count). The molecule has 20 nitrogen and oxygen atoms in total. The van der Waals surface area contributed by atoms with Crippen LogP contribution in [-0.4, -0.2) is 160 Å². The number of phenols is 1. The summed E-state index contributed by atoms with van der Waals surface area (Å²) in [6.07, 6.45) is -15.2. The zero-order chi connectivity index (χ0) is 44.8. The van der Waals surface area contributed by atoms with Crippen LogP contribution in [0.2, 0.25) is 0 Å². The summed E-state index contributed by atoms with van der Waals surface area (Å²) in [4.78, 5) is 25.9. The SMILES string of the molecule is COc1c2c(c(O)c3c4c(c(C)cc13)[C@@H]1O[C@@]3(C(OC)OC)O[C@@H]1[C@@](O[C@H]1C[C@@H](O)[C@@](O)(C(C)O)[C@H](C)O1)(O4)[C@@]31CO1)C(=O)[C@@H](O)C[C@@H]2O[C@H]1C[C@@](C)(O)[C@H](OC(C)=O)[C@H](C)O1. The van der Waals surface area contributed by atoms with Gasteiger partial charge in [0.15, 0.2) is 30.6 Å². The van der Waals surface area contributed by atoms with Gasteiger partial charge in [-0.3, -0.25) is 9.59 Å². The van der Waals surface area contributed by atoms with Crippen LogP contribution >= 0.6 is 0 Å². The quantitative estimate of drug-likeness (QED) is 0.110. The van der Waals surface area contributed by atoms with Gasteiger partial charge in [-0.15, -0.1) is 0 Å². The van der Waals surface area contributed by atoms with Crippen molar-refractivity contribution in [3.63, 3.8) is 0 Å². The molecule has 2 aromatic carbocycles. The number of aliphatic hydroxyl groups is 5. The predicted octanol–water partition coefficient (Wildman–Crippen LogP) is 0.952. The Morgan fingerprint density at radius 3 is 2.29 bits per heavy atom. The van der Waals surface area contributed by atoms with E-state index in [1.165, 1.54) is 49.0 Å². The molecule has 1 spiro atoms. The molecule has 6 aliphatic heterocycles. The van der Waals surface area contributed by atoms with E-state index in [4.69, 9.17) is 56.8 Å². The summed E-state index contributed by atoms with van der Waals surface area (Å²) in [7, 11) is 4.17. The molecule has 342 valence electrons. The summed E-state index contributed by atoms with van der Waals surface area (Å²) < 4.78 is 75.1. The van der Waals surface area contributed by atoms with Crippen molar-refractivity contribution < 1.29 is 97.1 Å². The fourth-order valence-corrected chi connectivity index (χ4v) is 10.9. The number of carbonyl (C=O) groups excluding carboxylic acids is 2. The fourth-order valence-electron chi connectivity index (χ4n) is 10.9. The molecule has 5 fully saturated rings. The van der Waals surface area contributed by atoms with Crippen molar-refractivity contribution in [2.45, 2.75) is 163 Å². The third-order valence-corrected chi connectivity index (χ3v) is 13.9. The molecule has 0 amide bonds.